The van der Waals surface area contributed by atoms with Crippen LogP contribution in [0.25, 0.3) is 0 Å². The zero-order valence-electron chi connectivity index (χ0n) is 8.97. The molecular weight excluding hydrogens is 226 g/mol. The molecule has 0 aliphatic heterocycles. The molecule has 0 fully saturated rings. The van der Waals surface area contributed by atoms with E-state index in [1.165, 1.54) is 12.1 Å². The van der Waals surface area contributed by atoms with Gasteiger partial charge in [0.1, 0.15) is 12.4 Å². The van der Waals surface area contributed by atoms with Crippen LogP contribution in [-0.2, 0) is 0 Å². The number of rotatable bonds is 5. The summed E-state index contributed by atoms with van der Waals surface area (Å²) in [5.74, 6) is 1.19. The molecule has 0 N–H and O–H groups in total. The van der Waals surface area contributed by atoms with Crippen LogP contribution in [0.3, 0.4) is 0 Å². The number of nitro groups is 1. The molecule has 0 atom stereocenters. The van der Waals surface area contributed by atoms with Crippen LogP contribution >= 0.6 is 12.6 Å². The highest BCUT2D eigenvalue weighted by atomic mass is 32.1. The first-order valence-electron chi connectivity index (χ1n) is 4.70. The molecule has 1 rings (SSSR count). The molecule has 5 heteroatoms. The van der Waals surface area contributed by atoms with E-state index in [2.05, 4.69) is 19.2 Å². The van der Waals surface area contributed by atoms with Gasteiger partial charge >= 0.3 is 0 Å². The van der Waals surface area contributed by atoms with Crippen molar-refractivity contribution in [3.05, 3.63) is 46.0 Å². The van der Waals surface area contributed by atoms with Crippen LogP contribution in [-0.4, -0.2) is 17.3 Å². The second kappa shape index (κ2) is 5.55. The Morgan fingerprint density at radius 3 is 2.81 bits per heavy atom. The van der Waals surface area contributed by atoms with Crippen molar-refractivity contribution in [3.8, 4) is 5.75 Å². The first-order chi connectivity index (χ1) is 7.54. The predicted molar refractivity (Wildman–Crippen MR) is 66.3 cm³/mol. The fourth-order valence-electron chi connectivity index (χ4n) is 1.13. The normalized spacial score (nSPS) is 9.88. The van der Waals surface area contributed by atoms with E-state index in [0.717, 1.165) is 11.1 Å². The average Bonchev–Trinajstić information content (AvgIpc) is 2.26. The smallest absolute Gasteiger partial charge is 0.269 e. The van der Waals surface area contributed by atoms with Crippen LogP contribution in [0, 0.1) is 17.0 Å². The van der Waals surface area contributed by atoms with Crippen molar-refractivity contribution < 1.29 is 9.66 Å². The van der Waals surface area contributed by atoms with Gasteiger partial charge in [0.25, 0.3) is 5.69 Å². The van der Waals surface area contributed by atoms with Crippen molar-refractivity contribution >= 4 is 18.3 Å². The molecule has 0 radical (unpaired) electrons. The Balaban J connectivity index is 2.75. The SMILES string of the molecule is C=C(CS)COc1ccc([N+](=O)[O-])cc1C. The van der Waals surface area contributed by atoms with Crippen LogP contribution < -0.4 is 4.74 Å². The Morgan fingerprint density at radius 1 is 1.62 bits per heavy atom. The highest BCUT2D eigenvalue weighted by Crippen LogP contribution is 2.23. The molecule has 16 heavy (non-hydrogen) atoms. The number of hydrogen-bond donors (Lipinski definition) is 1. The molecule has 0 saturated heterocycles. The molecule has 0 aromatic heterocycles. The summed E-state index contributed by atoms with van der Waals surface area (Å²) >= 11 is 4.06. The number of benzene rings is 1. The summed E-state index contributed by atoms with van der Waals surface area (Å²) in [6.45, 7) is 5.90. The number of non-ortho nitro benzene ring substituents is 1. The maximum absolute atomic E-state index is 10.5. The van der Waals surface area contributed by atoms with Crippen LogP contribution in [0.2, 0.25) is 0 Å². The maximum Gasteiger partial charge on any atom is 0.269 e. The van der Waals surface area contributed by atoms with Crippen molar-refractivity contribution in [3.63, 3.8) is 0 Å². The number of hydrogen-bond acceptors (Lipinski definition) is 4. The zero-order chi connectivity index (χ0) is 12.1. The first kappa shape index (κ1) is 12.6. The number of ether oxygens (including phenoxy) is 1. The Hall–Kier alpha value is -1.49. The number of thiol groups is 1. The first-order valence-corrected chi connectivity index (χ1v) is 5.33. The Morgan fingerprint density at radius 2 is 2.31 bits per heavy atom. The van der Waals surface area contributed by atoms with E-state index in [4.69, 9.17) is 4.74 Å². The molecule has 0 aliphatic rings. The molecule has 86 valence electrons. The van der Waals surface area contributed by atoms with Gasteiger partial charge in [0.15, 0.2) is 0 Å². The largest absolute Gasteiger partial charge is 0.489 e. The molecule has 0 aliphatic carbocycles. The fourth-order valence-corrected chi connectivity index (χ4v) is 1.23. The highest BCUT2D eigenvalue weighted by molar-refractivity contribution is 7.80. The van der Waals surface area contributed by atoms with Crippen molar-refractivity contribution in [1.82, 2.24) is 0 Å². The van der Waals surface area contributed by atoms with E-state index in [1.807, 2.05) is 0 Å². The van der Waals surface area contributed by atoms with Gasteiger partial charge < -0.3 is 4.74 Å². The minimum absolute atomic E-state index is 0.0675. The quantitative estimate of drug-likeness (QED) is 0.372. The van der Waals surface area contributed by atoms with E-state index >= 15 is 0 Å². The average molecular weight is 239 g/mol. The topological polar surface area (TPSA) is 52.4 Å². The van der Waals surface area contributed by atoms with E-state index < -0.39 is 4.92 Å². The van der Waals surface area contributed by atoms with E-state index in [-0.39, 0.29) is 5.69 Å². The molecular formula is C11H13NO3S. The summed E-state index contributed by atoms with van der Waals surface area (Å²) < 4.78 is 5.45. The van der Waals surface area contributed by atoms with Crippen LogP contribution in [0.4, 0.5) is 5.69 Å². The van der Waals surface area contributed by atoms with Crippen LogP contribution in [0.1, 0.15) is 5.56 Å². The third-order valence-electron chi connectivity index (χ3n) is 2.02. The van der Waals surface area contributed by atoms with Crippen molar-refractivity contribution in [2.24, 2.45) is 0 Å². The molecule has 0 unspecified atom stereocenters. The van der Waals surface area contributed by atoms with Gasteiger partial charge in [0.05, 0.1) is 4.92 Å². The van der Waals surface area contributed by atoms with Gasteiger partial charge in [-0.15, -0.1) is 0 Å². The molecule has 0 amide bonds. The van der Waals surface area contributed by atoms with Crippen molar-refractivity contribution in [1.29, 1.82) is 0 Å². The number of nitrogens with zero attached hydrogens (tertiary/aromatic N) is 1. The molecule has 1 aromatic rings. The summed E-state index contributed by atoms with van der Waals surface area (Å²) in [5, 5.41) is 10.5. The number of aryl methyl sites for hydroxylation is 1. The Kier molecular flexibility index (Phi) is 4.37. The summed E-state index contributed by atoms with van der Waals surface area (Å²) in [4.78, 5) is 10.1. The van der Waals surface area contributed by atoms with Gasteiger partial charge in [-0.2, -0.15) is 12.6 Å². The van der Waals surface area contributed by atoms with E-state index in [0.29, 0.717) is 18.1 Å². The Bertz CT molecular complexity index is 418. The lowest BCUT2D eigenvalue weighted by Crippen LogP contribution is -2.02. The molecule has 1 aromatic carbocycles. The van der Waals surface area contributed by atoms with E-state index in [1.54, 1.807) is 13.0 Å². The minimum Gasteiger partial charge on any atom is -0.489 e. The van der Waals surface area contributed by atoms with E-state index in [9.17, 15) is 10.1 Å². The minimum atomic E-state index is -0.427. The highest BCUT2D eigenvalue weighted by Gasteiger charge is 2.08. The fraction of sp³-hybridized carbons (Fsp3) is 0.273. The molecule has 0 spiro atoms. The number of nitro benzene ring substituents is 1. The Labute approximate surface area is 99.5 Å². The molecule has 0 saturated carbocycles. The lowest BCUT2D eigenvalue weighted by Gasteiger charge is -2.09. The zero-order valence-corrected chi connectivity index (χ0v) is 9.87. The summed E-state index contributed by atoms with van der Waals surface area (Å²) in [5.41, 5.74) is 1.67. The van der Waals surface area contributed by atoms with Gasteiger partial charge in [-0.05, 0) is 24.1 Å². The van der Waals surface area contributed by atoms with Gasteiger partial charge in [0, 0.05) is 17.9 Å². The lowest BCUT2D eigenvalue weighted by atomic mass is 10.2. The third-order valence-corrected chi connectivity index (χ3v) is 2.47. The van der Waals surface area contributed by atoms with Crippen molar-refractivity contribution in [2.75, 3.05) is 12.4 Å². The van der Waals surface area contributed by atoms with Crippen molar-refractivity contribution in [2.45, 2.75) is 6.92 Å². The second-order valence-corrected chi connectivity index (χ2v) is 3.72. The molecule has 0 heterocycles. The van der Waals surface area contributed by atoms with Gasteiger partial charge in [0.2, 0.25) is 0 Å². The third kappa shape index (κ3) is 3.27. The lowest BCUT2D eigenvalue weighted by molar-refractivity contribution is -0.384. The second-order valence-electron chi connectivity index (χ2n) is 3.40. The standard InChI is InChI=1S/C11H13NO3S/c1-8(7-16)6-15-11-4-3-10(12(13)14)5-9(11)2/h3-5,16H,1,6-7H2,2H3. The van der Waals surface area contributed by atoms with Crippen LogP contribution in [0.15, 0.2) is 30.4 Å². The summed E-state index contributed by atoms with van der Waals surface area (Å²) in [7, 11) is 0. The maximum atomic E-state index is 10.5. The molecule has 0 bridgehead atoms. The van der Waals surface area contributed by atoms with Gasteiger partial charge in [-0.1, -0.05) is 6.58 Å². The summed E-state index contributed by atoms with van der Waals surface area (Å²) in [6.07, 6.45) is 0. The van der Waals surface area contributed by atoms with Gasteiger partial charge in [-0.25, -0.2) is 0 Å². The predicted octanol–water partition coefficient (Wildman–Crippen LogP) is 2.77. The van der Waals surface area contributed by atoms with Gasteiger partial charge in [-0.3, -0.25) is 10.1 Å². The monoisotopic (exact) mass is 239 g/mol. The summed E-state index contributed by atoms with van der Waals surface area (Å²) in [6, 6.07) is 4.50. The molecule has 4 nitrogen and oxygen atoms in total. The van der Waals surface area contributed by atoms with Crippen LogP contribution in [0.5, 0.6) is 5.75 Å².